The Morgan fingerprint density at radius 3 is 2.34 bits per heavy atom. The number of hydrogen-bond acceptors (Lipinski definition) is 4. The molecule has 29 heavy (non-hydrogen) atoms. The molecule has 2 aromatic carbocycles. The van der Waals surface area contributed by atoms with Gasteiger partial charge in [-0.05, 0) is 30.2 Å². The Kier molecular flexibility index (Phi) is 6.82. The molecule has 6 nitrogen and oxygen atoms in total. The lowest BCUT2D eigenvalue weighted by molar-refractivity contribution is -0.131. The summed E-state index contributed by atoms with van der Waals surface area (Å²) in [6.07, 6.45) is 1.11. The molecule has 1 aliphatic heterocycles. The predicted molar refractivity (Wildman–Crippen MR) is 117 cm³/mol. The zero-order chi connectivity index (χ0) is 21.0. The number of anilines is 1. The van der Waals surface area contributed by atoms with E-state index in [4.69, 9.17) is 11.6 Å². The molecule has 0 bridgehead atoms. The second-order valence-electron chi connectivity index (χ2n) is 7.34. The molecule has 0 spiro atoms. The Balaban J connectivity index is 1.64. The molecule has 2 aromatic rings. The minimum atomic E-state index is -3.63. The van der Waals surface area contributed by atoms with Gasteiger partial charge < -0.3 is 4.90 Å². The lowest BCUT2D eigenvalue weighted by Gasteiger charge is -2.36. The van der Waals surface area contributed by atoms with Gasteiger partial charge in [0.25, 0.3) is 0 Å². The number of sulfonamides is 1. The number of hydrogen-bond donors (Lipinski definition) is 0. The predicted octanol–water partition coefficient (Wildman–Crippen LogP) is 2.76. The Bertz CT molecular complexity index is 958. The van der Waals surface area contributed by atoms with E-state index < -0.39 is 10.0 Å². The van der Waals surface area contributed by atoms with Crippen molar-refractivity contribution in [3.8, 4) is 0 Å². The maximum absolute atomic E-state index is 12.9. The smallest absolute Gasteiger partial charge is 0.243 e. The van der Waals surface area contributed by atoms with Crippen LogP contribution in [0.15, 0.2) is 48.5 Å². The number of rotatable bonds is 6. The van der Waals surface area contributed by atoms with Crippen LogP contribution in [0.4, 0.5) is 5.69 Å². The molecule has 0 aliphatic carbocycles. The molecule has 3 rings (SSSR count). The quantitative estimate of drug-likeness (QED) is 0.700. The largest absolute Gasteiger partial charge is 0.339 e. The van der Waals surface area contributed by atoms with Crippen molar-refractivity contribution in [2.45, 2.75) is 13.5 Å². The van der Waals surface area contributed by atoms with Gasteiger partial charge in [0.15, 0.2) is 0 Å². The van der Waals surface area contributed by atoms with E-state index in [1.165, 1.54) is 5.56 Å². The van der Waals surface area contributed by atoms with E-state index in [1.54, 1.807) is 30.0 Å². The topological polar surface area (TPSA) is 60.9 Å². The molecule has 0 unspecified atom stereocenters. The fourth-order valence-electron chi connectivity index (χ4n) is 3.45. The van der Waals surface area contributed by atoms with Gasteiger partial charge in [0.1, 0.15) is 6.54 Å². The molecule has 0 radical (unpaired) electrons. The molecule has 1 heterocycles. The van der Waals surface area contributed by atoms with Crippen LogP contribution in [0.3, 0.4) is 0 Å². The summed E-state index contributed by atoms with van der Waals surface area (Å²) in [4.78, 5) is 16.9. The highest BCUT2D eigenvalue weighted by Crippen LogP contribution is 2.26. The number of carbonyl (C=O) groups excluding carboxylic acids is 1. The van der Waals surface area contributed by atoms with Crippen molar-refractivity contribution in [2.24, 2.45) is 0 Å². The number of piperazine rings is 1. The highest BCUT2D eigenvalue weighted by atomic mass is 35.5. The highest BCUT2D eigenvalue weighted by Gasteiger charge is 2.27. The monoisotopic (exact) mass is 435 g/mol. The summed E-state index contributed by atoms with van der Waals surface area (Å²) in [5, 5.41) is 0.432. The van der Waals surface area contributed by atoms with Crippen LogP contribution < -0.4 is 4.31 Å². The van der Waals surface area contributed by atoms with Crippen LogP contribution >= 0.6 is 11.6 Å². The van der Waals surface area contributed by atoms with E-state index in [2.05, 4.69) is 17.0 Å². The normalized spacial score (nSPS) is 15.3. The summed E-state index contributed by atoms with van der Waals surface area (Å²) in [6, 6.07) is 15.3. The van der Waals surface area contributed by atoms with E-state index in [1.807, 2.05) is 18.2 Å². The third-order valence-electron chi connectivity index (χ3n) is 5.09. The van der Waals surface area contributed by atoms with E-state index in [0.717, 1.165) is 35.8 Å². The van der Waals surface area contributed by atoms with Gasteiger partial charge in [-0.1, -0.05) is 48.0 Å². The number of halogens is 1. The lowest BCUT2D eigenvalue weighted by atomic mass is 10.2. The second kappa shape index (κ2) is 9.15. The van der Waals surface area contributed by atoms with Gasteiger partial charge in [-0.15, -0.1) is 0 Å². The maximum atomic E-state index is 12.9. The molecule has 8 heteroatoms. The number of carbonyl (C=O) groups is 1. The van der Waals surface area contributed by atoms with E-state index in [9.17, 15) is 13.2 Å². The first kappa shape index (κ1) is 21.6. The molecule has 0 atom stereocenters. The molecule has 1 fully saturated rings. The SMILES string of the molecule is Cc1ccc(Cl)cc1N(CC(=O)N1CCN(Cc2ccccc2)CC1)S(C)(=O)=O. The first-order valence-electron chi connectivity index (χ1n) is 9.52. The summed E-state index contributed by atoms with van der Waals surface area (Å²) >= 11 is 6.06. The summed E-state index contributed by atoms with van der Waals surface area (Å²) in [5.74, 6) is -0.200. The third-order valence-corrected chi connectivity index (χ3v) is 6.45. The van der Waals surface area contributed by atoms with Gasteiger partial charge in [-0.25, -0.2) is 8.42 Å². The van der Waals surface area contributed by atoms with Gasteiger partial charge in [-0.2, -0.15) is 0 Å². The molecule has 0 saturated carbocycles. The van der Waals surface area contributed by atoms with Crippen molar-refractivity contribution < 1.29 is 13.2 Å². The fraction of sp³-hybridized carbons (Fsp3) is 0.381. The van der Waals surface area contributed by atoms with Gasteiger partial charge in [0.2, 0.25) is 15.9 Å². The summed E-state index contributed by atoms with van der Waals surface area (Å²) < 4.78 is 25.9. The second-order valence-corrected chi connectivity index (χ2v) is 9.69. The Labute approximate surface area is 177 Å². The average Bonchev–Trinajstić information content (AvgIpc) is 2.68. The molecule has 0 N–H and O–H groups in total. The van der Waals surface area contributed by atoms with Crippen molar-refractivity contribution >= 4 is 33.2 Å². The zero-order valence-corrected chi connectivity index (χ0v) is 18.3. The van der Waals surface area contributed by atoms with Gasteiger partial charge in [0.05, 0.1) is 11.9 Å². The van der Waals surface area contributed by atoms with Gasteiger partial charge in [-0.3, -0.25) is 14.0 Å². The summed E-state index contributed by atoms with van der Waals surface area (Å²) in [6.45, 7) is 5.11. The van der Waals surface area contributed by atoms with Crippen molar-refractivity contribution in [1.29, 1.82) is 0 Å². The van der Waals surface area contributed by atoms with Crippen LogP contribution in [0.2, 0.25) is 5.02 Å². The maximum Gasteiger partial charge on any atom is 0.243 e. The number of nitrogens with zero attached hydrogens (tertiary/aromatic N) is 3. The van der Waals surface area contributed by atoms with Crippen LogP contribution in [-0.4, -0.2) is 63.1 Å². The van der Waals surface area contributed by atoms with E-state index in [-0.39, 0.29) is 12.5 Å². The van der Waals surface area contributed by atoms with Crippen LogP contribution in [0.25, 0.3) is 0 Å². The van der Waals surface area contributed by atoms with Crippen LogP contribution in [0, 0.1) is 6.92 Å². The van der Waals surface area contributed by atoms with Crippen LogP contribution in [0.5, 0.6) is 0 Å². The molecule has 0 aromatic heterocycles. The van der Waals surface area contributed by atoms with Crippen molar-refractivity contribution in [3.63, 3.8) is 0 Å². The Morgan fingerprint density at radius 2 is 1.72 bits per heavy atom. The fourth-order valence-corrected chi connectivity index (χ4v) is 4.52. The van der Waals surface area contributed by atoms with Crippen molar-refractivity contribution in [2.75, 3.05) is 43.3 Å². The number of benzene rings is 2. The Hall–Kier alpha value is -2.09. The molecular formula is C21H26ClN3O3S. The molecule has 1 aliphatic rings. The van der Waals surface area contributed by atoms with Crippen molar-refractivity contribution in [1.82, 2.24) is 9.80 Å². The van der Waals surface area contributed by atoms with E-state index >= 15 is 0 Å². The third kappa shape index (κ3) is 5.72. The minimum Gasteiger partial charge on any atom is -0.339 e. The number of amides is 1. The zero-order valence-electron chi connectivity index (χ0n) is 16.7. The summed E-state index contributed by atoms with van der Waals surface area (Å²) in [5.41, 5.74) is 2.43. The molecular weight excluding hydrogens is 410 g/mol. The lowest BCUT2D eigenvalue weighted by Crippen LogP contribution is -2.51. The number of aryl methyl sites for hydroxylation is 1. The molecule has 156 valence electrons. The van der Waals surface area contributed by atoms with E-state index in [0.29, 0.717) is 23.8 Å². The first-order chi connectivity index (χ1) is 13.7. The highest BCUT2D eigenvalue weighted by molar-refractivity contribution is 7.92. The summed E-state index contributed by atoms with van der Waals surface area (Å²) in [7, 11) is -3.63. The van der Waals surface area contributed by atoms with Gasteiger partial charge >= 0.3 is 0 Å². The van der Waals surface area contributed by atoms with Crippen LogP contribution in [0.1, 0.15) is 11.1 Å². The van der Waals surface area contributed by atoms with Crippen LogP contribution in [-0.2, 0) is 21.4 Å². The minimum absolute atomic E-state index is 0.200. The molecule has 1 saturated heterocycles. The Morgan fingerprint density at radius 1 is 1.07 bits per heavy atom. The average molecular weight is 436 g/mol. The first-order valence-corrected chi connectivity index (χ1v) is 11.7. The standard InChI is InChI=1S/C21H26ClN3O3S/c1-17-8-9-19(22)14-20(17)25(29(2,27)28)16-21(26)24-12-10-23(11-13-24)15-18-6-4-3-5-7-18/h3-9,14H,10-13,15-16H2,1-2H3. The van der Waals surface area contributed by atoms with Crippen molar-refractivity contribution in [3.05, 3.63) is 64.7 Å². The molecule has 1 amide bonds. The van der Waals surface area contributed by atoms with Gasteiger partial charge in [0, 0.05) is 37.7 Å².